The molecule has 0 unspecified atom stereocenters. The fourth-order valence-corrected chi connectivity index (χ4v) is 3.54. The number of aliphatic carboxylic acids is 1. The van der Waals surface area contributed by atoms with Gasteiger partial charge in [-0.15, -0.1) is 0 Å². The molecule has 2 aliphatic rings. The van der Waals surface area contributed by atoms with Crippen LogP contribution in [0.1, 0.15) is 58.8 Å². The van der Waals surface area contributed by atoms with Gasteiger partial charge in [0.1, 0.15) is 0 Å². The second-order valence-electron chi connectivity index (χ2n) is 6.61. The topological polar surface area (TPSA) is 49.8 Å². The molecule has 4 nitrogen and oxygen atoms in total. The smallest absolute Gasteiger partial charge is 0.305 e. The number of hydrogen-bond acceptors (Lipinski definition) is 3. The van der Waals surface area contributed by atoms with Crippen molar-refractivity contribution < 1.29 is 14.6 Å². The summed E-state index contributed by atoms with van der Waals surface area (Å²) >= 11 is 0. The van der Waals surface area contributed by atoms with E-state index in [0.717, 1.165) is 13.0 Å². The molecule has 1 atom stereocenters. The summed E-state index contributed by atoms with van der Waals surface area (Å²) in [5.74, 6) is -0.785. The first-order valence-corrected chi connectivity index (χ1v) is 8.33. The van der Waals surface area contributed by atoms with Crippen LogP contribution < -0.4 is 0 Å². The van der Waals surface area contributed by atoms with E-state index in [2.05, 4.69) is 18.7 Å². The predicted molar refractivity (Wildman–Crippen MR) is 83.4 cm³/mol. The normalized spacial score (nSPS) is 24.0. The van der Waals surface area contributed by atoms with Gasteiger partial charge >= 0.3 is 5.97 Å². The first-order chi connectivity index (χ1) is 10.1. The second kappa shape index (κ2) is 7.95. The zero-order valence-electron chi connectivity index (χ0n) is 13.4. The average Bonchev–Trinajstić information content (AvgIpc) is 2.89. The van der Waals surface area contributed by atoms with Crippen molar-refractivity contribution in [3.05, 3.63) is 11.1 Å². The minimum absolute atomic E-state index is 0.0995. The molecule has 1 heterocycles. The van der Waals surface area contributed by atoms with Gasteiger partial charge in [0.2, 0.25) is 0 Å². The fourth-order valence-electron chi connectivity index (χ4n) is 3.54. The van der Waals surface area contributed by atoms with Gasteiger partial charge < -0.3 is 9.84 Å². The SMILES string of the molecule is CC(C)N1CC(=C2CCCCC2)C[C@H]1COCCC(=O)O. The van der Waals surface area contributed by atoms with Crippen molar-refractivity contribution in [3.8, 4) is 0 Å². The summed E-state index contributed by atoms with van der Waals surface area (Å²) in [6.07, 6.45) is 7.86. The Morgan fingerprint density at radius 1 is 1.29 bits per heavy atom. The highest BCUT2D eigenvalue weighted by Gasteiger charge is 2.31. The first-order valence-electron chi connectivity index (χ1n) is 8.33. The zero-order chi connectivity index (χ0) is 15.2. The average molecular weight is 295 g/mol. The van der Waals surface area contributed by atoms with Crippen molar-refractivity contribution in [3.63, 3.8) is 0 Å². The lowest BCUT2D eigenvalue weighted by Crippen LogP contribution is -2.38. The summed E-state index contributed by atoms with van der Waals surface area (Å²) in [6.45, 7) is 6.53. The standard InChI is InChI=1S/C17H29NO3/c1-13(2)18-11-15(14-6-4-3-5-7-14)10-16(18)12-21-9-8-17(19)20/h13,16H,3-12H2,1-2H3,(H,19,20)/t16-/m0/s1. The molecule has 0 aromatic rings. The third-order valence-corrected chi connectivity index (χ3v) is 4.72. The van der Waals surface area contributed by atoms with Crippen LogP contribution in [-0.4, -0.2) is 47.8 Å². The number of rotatable bonds is 6. The zero-order valence-corrected chi connectivity index (χ0v) is 13.4. The van der Waals surface area contributed by atoms with E-state index < -0.39 is 5.97 Å². The van der Waals surface area contributed by atoms with E-state index in [1.807, 2.05) is 0 Å². The molecular weight excluding hydrogens is 266 g/mol. The van der Waals surface area contributed by atoms with E-state index >= 15 is 0 Å². The van der Waals surface area contributed by atoms with Gasteiger partial charge in [0.15, 0.2) is 0 Å². The molecule has 1 saturated heterocycles. The lowest BCUT2D eigenvalue weighted by molar-refractivity contribution is -0.138. The van der Waals surface area contributed by atoms with Gasteiger partial charge in [0, 0.05) is 18.6 Å². The highest BCUT2D eigenvalue weighted by atomic mass is 16.5. The van der Waals surface area contributed by atoms with E-state index in [1.54, 1.807) is 11.1 Å². The van der Waals surface area contributed by atoms with Crippen molar-refractivity contribution in [2.24, 2.45) is 0 Å². The monoisotopic (exact) mass is 295 g/mol. The van der Waals surface area contributed by atoms with Gasteiger partial charge in [-0.25, -0.2) is 0 Å². The molecule has 120 valence electrons. The fraction of sp³-hybridized carbons (Fsp3) is 0.824. The number of carboxylic acid groups (broad SMARTS) is 1. The van der Waals surface area contributed by atoms with Crippen LogP contribution >= 0.6 is 0 Å². The molecule has 0 radical (unpaired) electrons. The van der Waals surface area contributed by atoms with Crippen LogP contribution in [0, 0.1) is 0 Å². The summed E-state index contributed by atoms with van der Waals surface area (Å²) in [6, 6.07) is 0.933. The first kappa shape index (κ1) is 16.5. The lowest BCUT2D eigenvalue weighted by Gasteiger charge is -2.27. The van der Waals surface area contributed by atoms with Crippen molar-refractivity contribution in [2.75, 3.05) is 19.8 Å². The van der Waals surface area contributed by atoms with Crippen LogP contribution in [0.3, 0.4) is 0 Å². The number of hydrogen-bond donors (Lipinski definition) is 1. The van der Waals surface area contributed by atoms with Gasteiger partial charge in [-0.2, -0.15) is 0 Å². The molecule has 4 heteroatoms. The van der Waals surface area contributed by atoms with E-state index in [-0.39, 0.29) is 6.42 Å². The molecule has 1 aliphatic heterocycles. The van der Waals surface area contributed by atoms with Gasteiger partial charge in [-0.05, 0) is 46.0 Å². The third kappa shape index (κ3) is 4.82. The molecule has 1 N–H and O–H groups in total. The molecule has 2 fully saturated rings. The van der Waals surface area contributed by atoms with Crippen LogP contribution in [0.4, 0.5) is 0 Å². The quantitative estimate of drug-likeness (QED) is 0.604. The molecule has 0 bridgehead atoms. The van der Waals surface area contributed by atoms with Crippen LogP contribution in [-0.2, 0) is 9.53 Å². The van der Waals surface area contributed by atoms with Crippen LogP contribution in [0.2, 0.25) is 0 Å². The molecule has 0 aromatic carbocycles. The molecule has 1 aliphatic carbocycles. The van der Waals surface area contributed by atoms with E-state index in [9.17, 15) is 4.79 Å². The minimum Gasteiger partial charge on any atom is -0.481 e. The Bertz CT molecular complexity index is 381. The molecule has 0 amide bonds. The largest absolute Gasteiger partial charge is 0.481 e. The number of allylic oxidation sites excluding steroid dienone is 1. The van der Waals surface area contributed by atoms with Crippen molar-refractivity contribution in [1.29, 1.82) is 0 Å². The number of likely N-dealkylation sites (tertiary alicyclic amines) is 1. The molecule has 0 spiro atoms. The molecule has 1 saturated carbocycles. The summed E-state index contributed by atoms with van der Waals surface area (Å²) in [4.78, 5) is 13.0. The van der Waals surface area contributed by atoms with E-state index in [0.29, 0.717) is 25.3 Å². The van der Waals surface area contributed by atoms with Gasteiger partial charge in [-0.3, -0.25) is 9.69 Å². The van der Waals surface area contributed by atoms with Crippen molar-refractivity contribution in [1.82, 2.24) is 4.90 Å². The van der Waals surface area contributed by atoms with Crippen LogP contribution in [0.15, 0.2) is 11.1 Å². The molecule has 21 heavy (non-hydrogen) atoms. The molecular formula is C17H29NO3. The van der Waals surface area contributed by atoms with E-state index in [1.165, 1.54) is 32.1 Å². The molecule has 2 rings (SSSR count). The Labute approximate surface area is 128 Å². The Morgan fingerprint density at radius 3 is 2.62 bits per heavy atom. The van der Waals surface area contributed by atoms with Crippen molar-refractivity contribution in [2.45, 2.75) is 70.9 Å². The van der Waals surface area contributed by atoms with Crippen LogP contribution in [0.5, 0.6) is 0 Å². The maximum absolute atomic E-state index is 10.5. The van der Waals surface area contributed by atoms with E-state index in [4.69, 9.17) is 9.84 Å². The Hall–Kier alpha value is -0.870. The summed E-state index contributed by atoms with van der Waals surface area (Å²) in [5, 5.41) is 8.66. The van der Waals surface area contributed by atoms with Crippen LogP contribution in [0.25, 0.3) is 0 Å². The van der Waals surface area contributed by atoms with Crippen molar-refractivity contribution >= 4 is 5.97 Å². The number of carboxylic acids is 1. The number of nitrogens with zero attached hydrogens (tertiary/aromatic N) is 1. The van der Waals surface area contributed by atoms with Gasteiger partial charge in [0.05, 0.1) is 19.6 Å². The van der Waals surface area contributed by atoms with Gasteiger partial charge in [0.25, 0.3) is 0 Å². The predicted octanol–water partition coefficient (Wildman–Crippen LogP) is 3.22. The second-order valence-corrected chi connectivity index (χ2v) is 6.61. The number of carbonyl (C=O) groups is 1. The maximum atomic E-state index is 10.5. The molecule has 0 aromatic heterocycles. The minimum atomic E-state index is -0.785. The Morgan fingerprint density at radius 2 is 2.00 bits per heavy atom. The van der Waals surface area contributed by atoms with Gasteiger partial charge in [-0.1, -0.05) is 17.6 Å². The highest BCUT2D eigenvalue weighted by Crippen LogP contribution is 2.33. The summed E-state index contributed by atoms with van der Waals surface area (Å²) in [5.41, 5.74) is 3.33. The third-order valence-electron chi connectivity index (χ3n) is 4.72. The summed E-state index contributed by atoms with van der Waals surface area (Å²) in [7, 11) is 0. The highest BCUT2D eigenvalue weighted by molar-refractivity contribution is 5.66. The number of ether oxygens (including phenoxy) is 1. The summed E-state index contributed by atoms with van der Waals surface area (Å²) < 4.78 is 5.60. The maximum Gasteiger partial charge on any atom is 0.305 e. The Balaban J connectivity index is 1.90. The lowest BCUT2D eigenvalue weighted by atomic mass is 9.90. The Kier molecular flexibility index (Phi) is 6.24.